The fourth-order valence-corrected chi connectivity index (χ4v) is 3.14. The molecule has 19 heavy (non-hydrogen) atoms. The van der Waals surface area contributed by atoms with Gasteiger partial charge in [-0.3, -0.25) is 4.90 Å². The summed E-state index contributed by atoms with van der Waals surface area (Å²) in [5.74, 6) is 0. The topological polar surface area (TPSA) is 6.48 Å². The molecule has 1 unspecified atom stereocenters. The van der Waals surface area contributed by atoms with Crippen LogP contribution in [0.15, 0.2) is 42.5 Å². The minimum absolute atomic E-state index is 0.352. The number of fused-ring (bicyclic) bond motifs is 3. The van der Waals surface area contributed by atoms with Crippen LogP contribution in [0.25, 0.3) is 11.1 Å². The molecule has 0 saturated heterocycles. The van der Waals surface area contributed by atoms with Crippen molar-refractivity contribution in [3.63, 3.8) is 0 Å². The maximum absolute atomic E-state index is 2.30. The van der Waals surface area contributed by atoms with Gasteiger partial charge in [0, 0.05) is 25.3 Å². The lowest BCUT2D eigenvalue weighted by Crippen LogP contribution is -2.21. The Bertz CT molecular complexity index is 614. The lowest BCUT2D eigenvalue weighted by atomic mass is 10.0. The molecule has 0 radical (unpaired) electrons. The van der Waals surface area contributed by atoms with Gasteiger partial charge in [0.25, 0.3) is 0 Å². The molecule has 1 atom stereocenters. The Balaban J connectivity index is 2.31. The number of nitrogens with zero attached hydrogens (tertiary/aromatic N) is 2. The van der Waals surface area contributed by atoms with Crippen molar-refractivity contribution in [2.45, 2.75) is 6.04 Å². The third kappa shape index (κ3) is 1.75. The summed E-state index contributed by atoms with van der Waals surface area (Å²) < 4.78 is 0. The lowest BCUT2D eigenvalue weighted by molar-refractivity contribution is 0.348. The highest BCUT2D eigenvalue weighted by Crippen LogP contribution is 2.48. The molecular weight excluding hydrogens is 232 g/mol. The van der Waals surface area contributed by atoms with Crippen molar-refractivity contribution >= 4 is 5.69 Å². The maximum Gasteiger partial charge on any atom is 0.0629 e. The zero-order valence-corrected chi connectivity index (χ0v) is 12.0. The van der Waals surface area contributed by atoms with Crippen LogP contribution in [0.1, 0.15) is 17.2 Å². The van der Waals surface area contributed by atoms with E-state index < -0.39 is 0 Å². The van der Waals surface area contributed by atoms with E-state index in [1.807, 2.05) is 0 Å². The maximum atomic E-state index is 2.30. The first kappa shape index (κ1) is 12.2. The van der Waals surface area contributed by atoms with Crippen molar-refractivity contribution in [2.75, 3.05) is 33.1 Å². The smallest absolute Gasteiger partial charge is 0.0629 e. The van der Waals surface area contributed by atoms with E-state index in [0.717, 1.165) is 0 Å². The molecule has 0 saturated carbocycles. The summed E-state index contributed by atoms with van der Waals surface area (Å²) >= 11 is 0. The summed E-state index contributed by atoms with van der Waals surface area (Å²) in [6, 6.07) is 15.7. The third-order valence-corrected chi connectivity index (χ3v) is 3.90. The van der Waals surface area contributed by atoms with Gasteiger partial charge in [0.15, 0.2) is 0 Å². The number of rotatable bonds is 2. The van der Waals surface area contributed by atoms with E-state index >= 15 is 0 Å². The van der Waals surface area contributed by atoms with Crippen LogP contribution >= 0.6 is 0 Å². The van der Waals surface area contributed by atoms with Crippen LogP contribution < -0.4 is 4.90 Å². The Kier molecular flexibility index (Phi) is 2.83. The van der Waals surface area contributed by atoms with Gasteiger partial charge in [-0.15, -0.1) is 0 Å². The first-order chi connectivity index (χ1) is 9.11. The Morgan fingerprint density at radius 3 is 2.16 bits per heavy atom. The first-order valence-corrected chi connectivity index (χ1v) is 6.67. The van der Waals surface area contributed by atoms with Crippen molar-refractivity contribution in [3.8, 4) is 11.1 Å². The van der Waals surface area contributed by atoms with E-state index in [2.05, 4.69) is 80.5 Å². The monoisotopic (exact) mass is 252 g/mol. The second-order valence-corrected chi connectivity index (χ2v) is 5.59. The zero-order chi connectivity index (χ0) is 13.6. The summed E-state index contributed by atoms with van der Waals surface area (Å²) in [7, 11) is 8.54. The molecule has 0 amide bonds. The summed E-state index contributed by atoms with van der Waals surface area (Å²) in [5.41, 5.74) is 6.91. The Labute approximate surface area is 115 Å². The van der Waals surface area contributed by atoms with E-state index in [1.54, 1.807) is 0 Å². The largest absolute Gasteiger partial charge is 0.377 e. The molecular formula is C17H20N2. The molecule has 3 rings (SSSR count). The number of hydrogen-bond acceptors (Lipinski definition) is 2. The van der Waals surface area contributed by atoms with Gasteiger partial charge in [-0.25, -0.2) is 0 Å². The molecule has 0 spiro atoms. The van der Waals surface area contributed by atoms with Gasteiger partial charge < -0.3 is 4.90 Å². The van der Waals surface area contributed by atoms with Gasteiger partial charge in [0.1, 0.15) is 0 Å². The molecule has 2 aromatic carbocycles. The standard InChI is InChI=1S/C17H20N2/c1-18(2)15-11-7-10-13-12-8-5-6-9-14(12)17(16(13)15)19(3)4/h5-11,17H,1-4H3. The van der Waals surface area contributed by atoms with Crippen LogP contribution in [0.4, 0.5) is 5.69 Å². The molecule has 0 heterocycles. The van der Waals surface area contributed by atoms with Crippen molar-refractivity contribution in [1.82, 2.24) is 4.90 Å². The SMILES string of the molecule is CN(C)c1cccc2c1C(N(C)C)c1ccccc1-2. The van der Waals surface area contributed by atoms with Gasteiger partial charge >= 0.3 is 0 Å². The van der Waals surface area contributed by atoms with Crippen LogP contribution in [-0.4, -0.2) is 33.1 Å². The summed E-state index contributed by atoms with van der Waals surface area (Å²) in [4.78, 5) is 4.51. The fourth-order valence-electron chi connectivity index (χ4n) is 3.14. The van der Waals surface area contributed by atoms with Gasteiger partial charge in [-0.2, -0.15) is 0 Å². The third-order valence-electron chi connectivity index (χ3n) is 3.90. The quantitative estimate of drug-likeness (QED) is 0.808. The van der Waals surface area contributed by atoms with E-state index in [-0.39, 0.29) is 0 Å². The van der Waals surface area contributed by atoms with Gasteiger partial charge in [-0.1, -0.05) is 36.4 Å². The van der Waals surface area contributed by atoms with Crippen molar-refractivity contribution in [1.29, 1.82) is 0 Å². The van der Waals surface area contributed by atoms with Crippen LogP contribution in [0.5, 0.6) is 0 Å². The first-order valence-electron chi connectivity index (χ1n) is 6.67. The molecule has 2 heteroatoms. The predicted molar refractivity (Wildman–Crippen MR) is 81.7 cm³/mol. The second kappa shape index (κ2) is 4.39. The van der Waals surface area contributed by atoms with Crippen LogP contribution in [0.2, 0.25) is 0 Å². The Hall–Kier alpha value is -1.80. The highest BCUT2D eigenvalue weighted by Gasteiger charge is 2.32. The zero-order valence-electron chi connectivity index (χ0n) is 12.0. The lowest BCUT2D eigenvalue weighted by Gasteiger charge is -2.26. The molecule has 1 aliphatic rings. The Morgan fingerprint density at radius 2 is 1.47 bits per heavy atom. The fraction of sp³-hybridized carbons (Fsp3) is 0.294. The minimum Gasteiger partial charge on any atom is -0.377 e. The number of anilines is 1. The van der Waals surface area contributed by atoms with Crippen molar-refractivity contribution in [2.24, 2.45) is 0 Å². The highest BCUT2D eigenvalue weighted by molar-refractivity contribution is 5.84. The van der Waals surface area contributed by atoms with Gasteiger partial charge in [0.2, 0.25) is 0 Å². The predicted octanol–water partition coefficient (Wildman–Crippen LogP) is 3.38. The van der Waals surface area contributed by atoms with Gasteiger partial charge in [-0.05, 0) is 36.9 Å². The molecule has 0 aliphatic heterocycles. The van der Waals surface area contributed by atoms with Crippen molar-refractivity contribution < 1.29 is 0 Å². The van der Waals surface area contributed by atoms with Crippen molar-refractivity contribution in [3.05, 3.63) is 53.6 Å². The Morgan fingerprint density at radius 1 is 0.789 bits per heavy atom. The van der Waals surface area contributed by atoms with Crippen LogP contribution in [0.3, 0.4) is 0 Å². The molecule has 0 N–H and O–H groups in total. The summed E-state index contributed by atoms with van der Waals surface area (Å²) in [6.45, 7) is 0. The van der Waals surface area contributed by atoms with E-state index in [9.17, 15) is 0 Å². The van der Waals surface area contributed by atoms with E-state index in [0.29, 0.717) is 6.04 Å². The van der Waals surface area contributed by atoms with Crippen LogP contribution in [-0.2, 0) is 0 Å². The second-order valence-electron chi connectivity index (χ2n) is 5.59. The minimum atomic E-state index is 0.352. The molecule has 2 nitrogen and oxygen atoms in total. The normalized spacial score (nSPS) is 16.4. The van der Waals surface area contributed by atoms with E-state index in [4.69, 9.17) is 0 Å². The molecule has 0 aromatic heterocycles. The molecule has 98 valence electrons. The number of benzene rings is 2. The molecule has 2 aromatic rings. The van der Waals surface area contributed by atoms with Crippen LogP contribution in [0, 0.1) is 0 Å². The average molecular weight is 252 g/mol. The average Bonchev–Trinajstić information content (AvgIpc) is 2.72. The molecule has 1 aliphatic carbocycles. The summed E-state index contributed by atoms with van der Waals surface area (Å²) in [6.07, 6.45) is 0. The highest BCUT2D eigenvalue weighted by atomic mass is 15.1. The van der Waals surface area contributed by atoms with E-state index in [1.165, 1.54) is 27.9 Å². The molecule has 0 fully saturated rings. The number of hydrogen-bond donors (Lipinski definition) is 0. The van der Waals surface area contributed by atoms with Gasteiger partial charge in [0.05, 0.1) is 6.04 Å². The molecule has 0 bridgehead atoms. The summed E-state index contributed by atoms with van der Waals surface area (Å²) in [5, 5.41) is 0.